The summed E-state index contributed by atoms with van der Waals surface area (Å²) in [6.45, 7) is 3.14. The molecule has 0 aliphatic carbocycles. The van der Waals surface area contributed by atoms with Gasteiger partial charge in [-0.25, -0.2) is 4.39 Å². The van der Waals surface area contributed by atoms with Crippen molar-refractivity contribution in [1.82, 2.24) is 4.90 Å². The number of halogens is 1. The Morgan fingerprint density at radius 2 is 1.76 bits per heavy atom. The van der Waals surface area contributed by atoms with Crippen LogP contribution in [-0.4, -0.2) is 48.3 Å². The van der Waals surface area contributed by atoms with E-state index in [4.69, 9.17) is 0 Å². The lowest BCUT2D eigenvalue weighted by Crippen LogP contribution is -2.48. The molecule has 3 rings (SSSR count). The van der Waals surface area contributed by atoms with E-state index >= 15 is 0 Å². The number of nitro groups is 1. The maximum atomic E-state index is 13.0. The number of piperazine rings is 1. The second-order valence-corrected chi connectivity index (χ2v) is 5.97. The Kier molecular flexibility index (Phi) is 5.04. The zero-order valence-electron chi connectivity index (χ0n) is 13.6. The predicted octanol–water partition coefficient (Wildman–Crippen LogP) is 2.74. The minimum Gasteiger partial charge on any atom is -0.369 e. The summed E-state index contributed by atoms with van der Waals surface area (Å²) < 4.78 is 13.0. The highest BCUT2D eigenvalue weighted by atomic mass is 19.1. The highest BCUT2D eigenvalue weighted by Gasteiger charge is 2.20. The Hall–Kier alpha value is -2.80. The van der Waals surface area contributed by atoms with Crippen molar-refractivity contribution in [3.63, 3.8) is 0 Å². The summed E-state index contributed by atoms with van der Waals surface area (Å²) in [5.74, 6) is -0.385. The zero-order chi connectivity index (χ0) is 17.8. The van der Waals surface area contributed by atoms with Gasteiger partial charge in [0.1, 0.15) is 5.82 Å². The highest BCUT2D eigenvalue weighted by molar-refractivity contribution is 5.98. The van der Waals surface area contributed by atoms with E-state index in [1.54, 1.807) is 18.2 Å². The topological polar surface area (TPSA) is 66.7 Å². The van der Waals surface area contributed by atoms with Gasteiger partial charge in [0.2, 0.25) is 0 Å². The van der Waals surface area contributed by atoms with E-state index in [1.807, 2.05) is 4.90 Å². The SMILES string of the molecule is O=C(CN1CCN(c2ccc(F)cc2)CC1)c1cccc([N+](=O)[O-])c1. The molecular formula is C18H18FN3O3. The predicted molar refractivity (Wildman–Crippen MR) is 92.5 cm³/mol. The summed E-state index contributed by atoms with van der Waals surface area (Å²) in [7, 11) is 0. The van der Waals surface area contributed by atoms with Crippen LogP contribution in [-0.2, 0) is 0 Å². The van der Waals surface area contributed by atoms with Crippen molar-refractivity contribution in [2.24, 2.45) is 0 Å². The van der Waals surface area contributed by atoms with Gasteiger partial charge >= 0.3 is 0 Å². The van der Waals surface area contributed by atoms with E-state index in [1.165, 1.54) is 30.3 Å². The number of carbonyl (C=O) groups is 1. The fourth-order valence-electron chi connectivity index (χ4n) is 2.90. The van der Waals surface area contributed by atoms with Gasteiger partial charge in [0.05, 0.1) is 11.5 Å². The monoisotopic (exact) mass is 343 g/mol. The van der Waals surface area contributed by atoms with Crippen molar-refractivity contribution in [2.45, 2.75) is 0 Å². The van der Waals surface area contributed by atoms with Gasteiger partial charge in [-0.1, -0.05) is 12.1 Å². The molecule has 1 fully saturated rings. The number of benzene rings is 2. The minimum absolute atomic E-state index is 0.0769. The zero-order valence-corrected chi connectivity index (χ0v) is 13.6. The molecule has 0 atom stereocenters. The van der Waals surface area contributed by atoms with Crippen LogP contribution >= 0.6 is 0 Å². The first kappa shape index (κ1) is 17.0. The smallest absolute Gasteiger partial charge is 0.270 e. The molecule has 0 aromatic heterocycles. The van der Waals surface area contributed by atoms with Crippen LogP contribution in [0.5, 0.6) is 0 Å². The summed E-state index contributed by atoms with van der Waals surface area (Å²) in [5, 5.41) is 10.8. The van der Waals surface area contributed by atoms with Gasteiger partial charge in [0.25, 0.3) is 5.69 Å². The fourth-order valence-corrected chi connectivity index (χ4v) is 2.90. The Morgan fingerprint density at radius 1 is 1.08 bits per heavy atom. The van der Waals surface area contributed by atoms with Crippen LogP contribution in [0.2, 0.25) is 0 Å². The van der Waals surface area contributed by atoms with Crippen molar-refractivity contribution < 1.29 is 14.1 Å². The molecule has 0 radical (unpaired) electrons. The van der Waals surface area contributed by atoms with E-state index in [0.29, 0.717) is 18.7 Å². The van der Waals surface area contributed by atoms with Gasteiger partial charge in [-0.3, -0.25) is 19.8 Å². The minimum atomic E-state index is -0.502. The lowest BCUT2D eigenvalue weighted by molar-refractivity contribution is -0.384. The standard InChI is InChI=1S/C18H18FN3O3/c19-15-4-6-16(7-5-15)21-10-8-20(9-11-21)13-18(23)14-2-1-3-17(12-14)22(24)25/h1-7,12H,8-11,13H2. The summed E-state index contributed by atoms with van der Waals surface area (Å²) >= 11 is 0. The molecule has 1 saturated heterocycles. The molecule has 7 heteroatoms. The van der Waals surface area contributed by atoms with E-state index in [9.17, 15) is 19.3 Å². The van der Waals surface area contributed by atoms with Gasteiger partial charge < -0.3 is 4.90 Å². The number of rotatable bonds is 5. The van der Waals surface area contributed by atoms with Crippen LogP contribution in [0.4, 0.5) is 15.8 Å². The van der Waals surface area contributed by atoms with E-state index < -0.39 is 4.92 Å². The molecule has 130 valence electrons. The number of hydrogen-bond acceptors (Lipinski definition) is 5. The molecule has 0 amide bonds. The fraction of sp³-hybridized carbons (Fsp3) is 0.278. The average molecular weight is 343 g/mol. The number of non-ortho nitro benzene ring substituents is 1. The number of hydrogen-bond donors (Lipinski definition) is 0. The lowest BCUT2D eigenvalue weighted by Gasteiger charge is -2.35. The first-order chi connectivity index (χ1) is 12.0. The van der Waals surface area contributed by atoms with Gasteiger partial charge in [0.15, 0.2) is 5.78 Å². The molecule has 0 saturated carbocycles. The molecule has 1 aliphatic heterocycles. The highest BCUT2D eigenvalue weighted by Crippen LogP contribution is 2.18. The maximum absolute atomic E-state index is 13.0. The summed E-state index contributed by atoms with van der Waals surface area (Å²) in [5.41, 5.74) is 1.24. The van der Waals surface area contributed by atoms with Gasteiger partial charge in [-0.2, -0.15) is 0 Å². The molecule has 6 nitrogen and oxygen atoms in total. The third-order valence-corrected chi connectivity index (χ3v) is 4.31. The van der Waals surface area contributed by atoms with E-state index in [2.05, 4.69) is 4.90 Å². The summed E-state index contributed by atoms with van der Waals surface area (Å²) in [4.78, 5) is 26.8. The maximum Gasteiger partial charge on any atom is 0.270 e. The number of ketones is 1. The van der Waals surface area contributed by atoms with Crippen LogP contribution in [0.25, 0.3) is 0 Å². The van der Waals surface area contributed by atoms with Gasteiger partial charge in [0, 0.05) is 49.6 Å². The number of nitrogens with zero attached hydrogens (tertiary/aromatic N) is 3. The van der Waals surface area contributed by atoms with Crippen molar-refractivity contribution in [1.29, 1.82) is 0 Å². The normalized spacial score (nSPS) is 15.2. The molecule has 2 aromatic rings. The van der Waals surface area contributed by atoms with E-state index in [-0.39, 0.29) is 23.8 Å². The van der Waals surface area contributed by atoms with Crippen molar-refractivity contribution in [3.05, 3.63) is 70.0 Å². The average Bonchev–Trinajstić information content (AvgIpc) is 2.63. The lowest BCUT2D eigenvalue weighted by atomic mass is 10.1. The molecule has 0 N–H and O–H groups in total. The third-order valence-electron chi connectivity index (χ3n) is 4.31. The first-order valence-electron chi connectivity index (χ1n) is 8.03. The number of carbonyl (C=O) groups excluding carboxylic acids is 1. The van der Waals surface area contributed by atoms with Gasteiger partial charge in [-0.05, 0) is 24.3 Å². The molecule has 0 bridgehead atoms. The summed E-state index contributed by atoms with van der Waals surface area (Å²) in [6, 6.07) is 12.2. The Bertz CT molecular complexity index is 771. The number of anilines is 1. The molecule has 0 spiro atoms. The Morgan fingerprint density at radius 3 is 2.40 bits per heavy atom. The second kappa shape index (κ2) is 7.40. The van der Waals surface area contributed by atoms with Gasteiger partial charge in [-0.15, -0.1) is 0 Å². The van der Waals surface area contributed by atoms with Crippen LogP contribution in [0.15, 0.2) is 48.5 Å². The Balaban J connectivity index is 1.56. The first-order valence-corrected chi connectivity index (χ1v) is 8.03. The molecule has 2 aromatic carbocycles. The van der Waals surface area contributed by atoms with Crippen molar-refractivity contribution in [3.8, 4) is 0 Å². The molecule has 0 unspecified atom stereocenters. The van der Waals surface area contributed by atoms with Crippen LogP contribution in [0.1, 0.15) is 10.4 Å². The van der Waals surface area contributed by atoms with Crippen LogP contribution < -0.4 is 4.90 Å². The Labute approximate surface area is 144 Å². The third kappa shape index (κ3) is 4.19. The van der Waals surface area contributed by atoms with Crippen LogP contribution in [0, 0.1) is 15.9 Å². The second-order valence-electron chi connectivity index (χ2n) is 5.97. The van der Waals surface area contributed by atoms with E-state index in [0.717, 1.165) is 18.8 Å². The van der Waals surface area contributed by atoms with Crippen LogP contribution in [0.3, 0.4) is 0 Å². The molecule has 1 heterocycles. The molecular weight excluding hydrogens is 325 g/mol. The molecule has 25 heavy (non-hydrogen) atoms. The quantitative estimate of drug-likeness (QED) is 0.474. The number of Topliss-reactive ketones (excluding diaryl/α,β-unsaturated/α-hetero) is 1. The van der Waals surface area contributed by atoms with Crippen molar-refractivity contribution >= 4 is 17.2 Å². The number of nitro benzene ring substituents is 1. The largest absolute Gasteiger partial charge is 0.369 e. The summed E-state index contributed by atoms with van der Waals surface area (Å²) in [6.07, 6.45) is 0. The molecule has 1 aliphatic rings. The van der Waals surface area contributed by atoms with Crippen molar-refractivity contribution in [2.75, 3.05) is 37.6 Å².